The largest absolute Gasteiger partial charge is 0.356 e. The quantitative estimate of drug-likeness (QED) is 0.422. The van der Waals surface area contributed by atoms with E-state index >= 15 is 0 Å². The molecule has 4 nitrogen and oxygen atoms in total. The van der Waals surface area contributed by atoms with Crippen LogP contribution in [0.1, 0.15) is 6.42 Å². The fourth-order valence-corrected chi connectivity index (χ4v) is 0.496. The first-order valence-electron chi connectivity index (χ1n) is 2.72. The van der Waals surface area contributed by atoms with Gasteiger partial charge >= 0.3 is 0 Å². The summed E-state index contributed by atoms with van der Waals surface area (Å²) in [7, 11) is 3.15. The maximum atomic E-state index is 4.84. The van der Waals surface area contributed by atoms with Crippen molar-refractivity contribution in [2.75, 3.05) is 20.8 Å². The number of methoxy groups -OCH3 is 2. The lowest BCUT2D eigenvalue weighted by molar-refractivity contribution is -0.115. The second-order valence-corrected chi connectivity index (χ2v) is 1.56. The molecule has 0 saturated carbocycles. The van der Waals surface area contributed by atoms with Gasteiger partial charge in [0.1, 0.15) is 0 Å². The minimum Gasteiger partial charge on any atom is -0.356 e. The predicted molar refractivity (Wildman–Crippen MR) is 32.6 cm³/mol. The Kier molecular flexibility index (Phi) is 5.86. The Morgan fingerprint density at radius 3 is 2.22 bits per heavy atom. The minimum absolute atomic E-state index is 0.200. The van der Waals surface area contributed by atoms with Crippen LogP contribution in [0.5, 0.6) is 0 Å². The summed E-state index contributed by atoms with van der Waals surface area (Å²) in [6, 6.07) is 0. The molecule has 0 saturated heterocycles. The van der Waals surface area contributed by atoms with Crippen LogP contribution in [0.25, 0.3) is 0 Å². The first kappa shape index (κ1) is 8.84. The summed E-state index contributed by atoms with van der Waals surface area (Å²) in [5.41, 5.74) is 0. The standard InChI is InChI=1S/C5H13NO3/c1-7-5(8-2)3-4-9-6/h5H,3-4,6H2,1-2H3. The van der Waals surface area contributed by atoms with Gasteiger partial charge in [-0.15, -0.1) is 0 Å². The SMILES string of the molecule is COC(CCON)OC. The lowest BCUT2D eigenvalue weighted by Crippen LogP contribution is -2.16. The Balaban J connectivity index is 3.09. The minimum atomic E-state index is -0.200. The van der Waals surface area contributed by atoms with Crippen LogP contribution < -0.4 is 5.90 Å². The van der Waals surface area contributed by atoms with E-state index in [2.05, 4.69) is 4.84 Å². The van der Waals surface area contributed by atoms with Gasteiger partial charge < -0.3 is 14.3 Å². The number of nitrogens with two attached hydrogens (primary N) is 1. The molecule has 4 heteroatoms. The average molecular weight is 135 g/mol. The number of hydrogen-bond donors (Lipinski definition) is 1. The van der Waals surface area contributed by atoms with Crippen molar-refractivity contribution in [1.29, 1.82) is 0 Å². The molecule has 0 amide bonds. The zero-order valence-electron chi connectivity index (χ0n) is 5.79. The Morgan fingerprint density at radius 1 is 1.33 bits per heavy atom. The van der Waals surface area contributed by atoms with Crippen LogP contribution in [0.3, 0.4) is 0 Å². The van der Waals surface area contributed by atoms with E-state index in [0.717, 1.165) is 0 Å². The Labute approximate surface area is 54.8 Å². The molecule has 0 fully saturated rings. The van der Waals surface area contributed by atoms with Crippen molar-refractivity contribution in [1.82, 2.24) is 0 Å². The van der Waals surface area contributed by atoms with Gasteiger partial charge in [0.05, 0.1) is 6.61 Å². The fourth-order valence-electron chi connectivity index (χ4n) is 0.496. The third-order valence-electron chi connectivity index (χ3n) is 0.997. The molecule has 0 aromatic heterocycles. The molecular formula is C5H13NO3. The van der Waals surface area contributed by atoms with Crippen molar-refractivity contribution in [3.63, 3.8) is 0 Å². The van der Waals surface area contributed by atoms with Crippen molar-refractivity contribution >= 4 is 0 Å². The van der Waals surface area contributed by atoms with Gasteiger partial charge in [0.25, 0.3) is 0 Å². The van der Waals surface area contributed by atoms with E-state index in [9.17, 15) is 0 Å². The first-order valence-corrected chi connectivity index (χ1v) is 2.72. The zero-order valence-corrected chi connectivity index (χ0v) is 5.79. The first-order chi connectivity index (χ1) is 4.35. The maximum Gasteiger partial charge on any atom is 0.159 e. The summed E-state index contributed by atoms with van der Waals surface area (Å²) in [5, 5.41) is 0. The van der Waals surface area contributed by atoms with Crippen molar-refractivity contribution in [3.8, 4) is 0 Å². The molecule has 0 heterocycles. The van der Waals surface area contributed by atoms with Crippen LogP contribution in [-0.2, 0) is 14.3 Å². The summed E-state index contributed by atoms with van der Waals surface area (Å²) in [5.74, 6) is 4.78. The van der Waals surface area contributed by atoms with Gasteiger partial charge in [-0.2, -0.15) is 0 Å². The predicted octanol–water partition coefficient (Wildman–Crippen LogP) is -0.114. The molecule has 0 aromatic carbocycles. The van der Waals surface area contributed by atoms with Gasteiger partial charge in [0, 0.05) is 20.6 Å². The molecule has 0 spiro atoms. The smallest absolute Gasteiger partial charge is 0.159 e. The third kappa shape index (κ3) is 4.35. The van der Waals surface area contributed by atoms with E-state index in [0.29, 0.717) is 13.0 Å². The van der Waals surface area contributed by atoms with E-state index in [1.807, 2.05) is 0 Å². The van der Waals surface area contributed by atoms with Gasteiger partial charge in [0.15, 0.2) is 6.29 Å². The average Bonchev–Trinajstić information content (AvgIpc) is 1.91. The topological polar surface area (TPSA) is 53.7 Å². The molecule has 0 bridgehead atoms. The Bertz CT molecular complexity index is 56.2. The van der Waals surface area contributed by atoms with Gasteiger partial charge in [0.2, 0.25) is 0 Å². The summed E-state index contributed by atoms with van der Waals surface area (Å²) >= 11 is 0. The molecule has 0 aliphatic rings. The van der Waals surface area contributed by atoms with E-state index in [-0.39, 0.29) is 6.29 Å². The molecule has 0 atom stereocenters. The monoisotopic (exact) mass is 135 g/mol. The van der Waals surface area contributed by atoms with E-state index < -0.39 is 0 Å². The third-order valence-corrected chi connectivity index (χ3v) is 0.997. The zero-order chi connectivity index (χ0) is 7.11. The summed E-state index contributed by atoms with van der Waals surface area (Å²) in [4.78, 5) is 4.32. The van der Waals surface area contributed by atoms with Crippen LogP contribution in [-0.4, -0.2) is 27.1 Å². The molecule has 2 N–H and O–H groups in total. The summed E-state index contributed by atoms with van der Waals surface area (Å²) in [6.07, 6.45) is 0.456. The molecule has 0 aromatic rings. The van der Waals surface area contributed by atoms with E-state index in [1.165, 1.54) is 0 Å². The molecule has 0 aliphatic heterocycles. The molecule has 0 aliphatic carbocycles. The molecular weight excluding hydrogens is 122 g/mol. The second-order valence-electron chi connectivity index (χ2n) is 1.56. The van der Waals surface area contributed by atoms with Gasteiger partial charge in [-0.25, -0.2) is 5.90 Å². The van der Waals surface area contributed by atoms with Gasteiger partial charge in [-0.05, 0) is 0 Å². The van der Waals surface area contributed by atoms with E-state index in [4.69, 9.17) is 15.4 Å². The molecule has 0 unspecified atom stereocenters. The number of rotatable bonds is 5. The van der Waals surface area contributed by atoms with Gasteiger partial charge in [-0.1, -0.05) is 0 Å². The lowest BCUT2D eigenvalue weighted by Gasteiger charge is -2.11. The Morgan fingerprint density at radius 2 is 1.89 bits per heavy atom. The maximum absolute atomic E-state index is 4.84. The van der Waals surface area contributed by atoms with Crippen molar-refractivity contribution in [2.24, 2.45) is 5.90 Å². The molecule has 0 rings (SSSR count). The molecule has 56 valence electrons. The highest BCUT2D eigenvalue weighted by Crippen LogP contribution is 1.95. The highest BCUT2D eigenvalue weighted by atomic mass is 16.7. The van der Waals surface area contributed by atoms with Gasteiger partial charge in [-0.3, -0.25) is 0 Å². The van der Waals surface area contributed by atoms with Crippen molar-refractivity contribution in [2.45, 2.75) is 12.7 Å². The summed E-state index contributed by atoms with van der Waals surface area (Å²) in [6.45, 7) is 0.451. The van der Waals surface area contributed by atoms with Crippen LogP contribution in [0.2, 0.25) is 0 Å². The van der Waals surface area contributed by atoms with Crippen LogP contribution in [0.15, 0.2) is 0 Å². The normalized spacial score (nSPS) is 10.7. The molecule has 0 radical (unpaired) electrons. The van der Waals surface area contributed by atoms with Crippen molar-refractivity contribution < 1.29 is 14.3 Å². The fraction of sp³-hybridized carbons (Fsp3) is 1.00. The van der Waals surface area contributed by atoms with Crippen LogP contribution >= 0.6 is 0 Å². The van der Waals surface area contributed by atoms with Crippen molar-refractivity contribution in [3.05, 3.63) is 0 Å². The highest BCUT2D eigenvalue weighted by molar-refractivity contribution is 4.39. The molecule has 9 heavy (non-hydrogen) atoms. The number of ether oxygens (including phenoxy) is 2. The lowest BCUT2D eigenvalue weighted by atomic mass is 10.4. The van der Waals surface area contributed by atoms with E-state index in [1.54, 1.807) is 14.2 Å². The number of hydrogen-bond acceptors (Lipinski definition) is 4. The highest BCUT2D eigenvalue weighted by Gasteiger charge is 2.02. The summed E-state index contributed by atoms with van der Waals surface area (Å²) < 4.78 is 9.69. The second kappa shape index (κ2) is 5.97. The van der Waals surface area contributed by atoms with Crippen LogP contribution in [0, 0.1) is 0 Å². The Hall–Kier alpha value is -0.160. The van der Waals surface area contributed by atoms with Crippen LogP contribution in [0.4, 0.5) is 0 Å².